The van der Waals surface area contributed by atoms with Crippen molar-refractivity contribution in [1.82, 2.24) is 15.0 Å². The lowest BCUT2D eigenvalue weighted by molar-refractivity contribution is 1.07. The Kier molecular flexibility index (Phi) is 6.65. The number of fused-ring (bicyclic) bond motifs is 4. The summed E-state index contributed by atoms with van der Waals surface area (Å²) >= 11 is 1.87. The van der Waals surface area contributed by atoms with Gasteiger partial charge in [-0.3, -0.25) is 0 Å². The third-order valence-electron chi connectivity index (χ3n) is 8.69. The first-order valence-electron chi connectivity index (χ1n) is 15.7. The number of benzene rings is 7. The van der Waals surface area contributed by atoms with Gasteiger partial charge in [0.2, 0.25) is 0 Å². The van der Waals surface area contributed by atoms with E-state index in [4.69, 9.17) is 15.0 Å². The predicted octanol–water partition coefficient (Wildman–Crippen LogP) is 11.7. The molecule has 47 heavy (non-hydrogen) atoms. The van der Waals surface area contributed by atoms with E-state index in [-0.39, 0.29) is 0 Å². The molecule has 0 radical (unpaired) electrons. The number of hydrogen-bond donors (Lipinski definition) is 0. The van der Waals surface area contributed by atoms with Crippen molar-refractivity contribution in [3.63, 3.8) is 0 Å². The van der Waals surface area contributed by atoms with Gasteiger partial charge in [0, 0.05) is 36.9 Å². The predicted molar refractivity (Wildman–Crippen MR) is 197 cm³/mol. The number of aromatic nitrogens is 3. The Morgan fingerprint density at radius 3 is 1.36 bits per heavy atom. The van der Waals surface area contributed by atoms with Crippen molar-refractivity contribution in [2.75, 3.05) is 0 Å². The summed E-state index contributed by atoms with van der Waals surface area (Å²) in [6.45, 7) is 0. The zero-order valence-electron chi connectivity index (χ0n) is 25.3. The van der Waals surface area contributed by atoms with Gasteiger partial charge in [0.05, 0.1) is 0 Å². The summed E-state index contributed by atoms with van der Waals surface area (Å²) in [5, 5.41) is 5.20. The van der Waals surface area contributed by atoms with Gasteiger partial charge >= 0.3 is 0 Å². The second-order valence-electron chi connectivity index (χ2n) is 11.7. The molecule has 9 rings (SSSR count). The van der Waals surface area contributed by atoms with E-state index in [1.54, 1.807) is 0 Å². The van der Waals surface area contributed by atoms with E-state index in [0.29, 0.717) is 17.5 Å². The molecule has 0 spiro atoms. The summed E-state index contributed by atoms with van der Waals surface area (Å²) in [6.07, 6.45) is 0. The number of thiophene rings is 1. The van der Waals surface area contributed by atoms with E-state index in [2.05, 4.69) is 103 Å². The van der Waals surface area contributed by atoms with Crippen LogP contribution in [0.5, 0.6) is 0 Å². The Morgan fingerprint density at radius 1 is 0.298 bits per heavy atom. The van der Waals surface area contributed by atoms with Crippen LogP contribution in [0.15, 0.2) is 164 Å². The average Bonchev–Trinajstić information content (AvgIpc) is 3.51. The van der Waals surface area contributed by atoms with Crippen LogP contribution in [-0.4, -0.2) is 15.0 Å². The zero-order valence-corrected chi connectivity index (χ0v) is 26.2. The van der Waals surface area contributed by atoms with Gasteiger partial charge < -0.3 is 0 Å². The standard InChI is InChI=1S/C43H27N3S/c1-3-11-28(12-4-1)41-44-42(29-13-5-2-6-14-29)46-43(45-41)36-20-10-19-32(24-36)30-17-9-18-31(23-30)35-21-22-37-38-25-33-15-7-8-16-34(33)26-40(38)47-39(37)27-35/h1-27H. The third kappa shape index (κ3) is 5.15. The summed E-state index contributed by atoms with van der Waals surface area (Å²) in [6, 6.07) is 57.6. The van der Waals surface area contributed by atoms with Crippen molar-refractivity contribution in [3.8, 4) is 56.4 Å². The van der Waals surface area contributed by atoms with Gasteiger partial charge in [-0.1, -0.05) is 133 Å². The molecule has 0 aliphatic rings. The summed E-state index contributed by atoms with van der Waals surface area (Å²) in [4.78, 5) is 14.7. The van der Waals surface area contributed by atoms with Crippen molar-refractivity contribution < 1.29 is 0 Å². The molecule has 2 aromatic heterocycles. The van der Waals surface area contributed by atoms with E-state index in [9.17, 15) is 0 Å². The molecule has 0 N–H and O–H groups in total. The Bertz CT molecular complexity index is 2510. The van der Waals surface area contributed by atoms with E-state index < -0.39 is 0 Å². The topological polar surface area (TPSA) is 38.7 Å². The maximum absolute atomic E-state index is 4.94. The number of nitrogens with zero attached hydrogens (tertiary/aromatic N) is 3. The highest BCUT2D eigenvalue weighted by molar-refractivity contribution is 7.25. The fourth-order valence-corrected chi connectivity index (χ4v) is 7.47. The molecule has 0 atom stereocenters. The lowest BCUT2D eigenvalue weighted by atomic mass is 9.97. The van der Waals surface area contributed by atoms with Crippen molar-refractivity contribution in [2.24, 2.45) is 0 Å². The van der Waals surface area contributed by atoms with Gasteiger partial charge in [-0.25, -0.2) is 15.0 Å². The smallest absolute Gasteiger partial charge is 0.164 e. The molecule has 0 saturated carbocycles. The van der Waals surface area contributed by atoms with Crippen molar-refractivity contribution in [3.05, 3.63) is 164 Å². The van der Waals surface area contributed by atoms with Crippen LogP contribution in [0.25, 0.3) is 87.4 Å². The molecule has 7 aromatic carbocycles. The van der Waals surface area contributed by atoms with Gasteiger partial charge in [0.25, 0.3) is 0 Å². The van der Waals surface area contributed by atoms with Gasteiger partial charge in [0.1, 0.15) is 0 Å². The number of hydrogen-bond acceptors (Lipinski definition) is 4. The molecule has 220 valence electrons. The molecular weight excluding hydrogens is 591 g/mol. The second-order valence-corrected chi connectivity index (χ2v) is 12.8. The van der Waals surface area contributed by atoms with E-state index in [1.165, 1.54) is 42.1 Å². The van der Waals surface area contributed by atoms with E-state index in [0.717, 1.165) is 27.8 Å². The minimum Gasteiger partial charge on any atom is -0.208 e. The monoisotopic (exact) mass is 617 g/mol. The molecular formula is C43H27N3S. The molecule has 0 aliphatic heterocycles. The van der Waals surface area contributed by atoms with Crippen LogP contribution >= 0.6 is 11.3 Å². The highest BCUT2D eigenvalue weighted by Gasteiger charge is 2.14. The normalized spacial score (nSPS) is 11.4. The van der Waals surface area contributed by atoms with E-state index >= 15 is 0 Å². The summed E-state index contributed by atoms with van der Waals surface area (Å²) in [5.41, 5.74) is 7.53. The third-order valence-corrected chi connectivity index (χ3v) is 9.80. The molecule has 0 fully saturated rings. The molecule has 4 heteroatoms. The van der Waals surface area contributed by atoms with Crippen molar-refractivity contribution in [1.29, 1.82) is 0 Å². The maximum Gasteiger partial charge on any atom is 0.164 e. The van der Waals surface area contributed by atoms with Crippen molar-refractivity contribution >= 4 is 42.3 Å². The molecule has 0 bridgehead atoms. The first kappa shape index (κ1) is 27.3. The SMILES string of the molecule is c1ccc(-c2nc(-c3ccccc3)nc(-c3cccc(-c4cccc(-c5ccc6c(c5)sc5cc7ccccc7cc56)c4)c3)n2)cc1. The van der Waals surface area contributed by atoms with Gasteiger partial charge in [-0.2, -0.15) is 0 Å². The zero-order chi connectivity index (χ0) is 31.2. The summed E-state index contributed by atoms with van der Waals surface area (Å²) in [7, 11) is 0. The molecule has 0 saturated heterocycles. The Balaban J connectivity index is 1.10. The maximum atomic E-state index is 4.94. The van der Waals surface area contributed by atoms with Crippen LogP contribution in [0.2, 0.25) is 0 Å². The Labute approximate surface area is 276 Å². The van der Waals surface area contributed by atoms with Gasteiger partial charge in [0.15, 0.2) is 17.5 Å². The minimum absolute atomic E-state index is 0.651. The van der Waals surface area contributed by atoms with Crippen LogP contribution in [0.4, 0.5) is 0 Å². The van der Waals surface area contributed by atoms with Crippen LogP contribution in [-0.2, 0) is 0 Å². The Morgan fingerprint density at radius 2 is 0.745 bits per heavy atom. The Hall–Kier alpha value is -5.97. The van der Waals surface area contributed by atoms with Crippen molar-refractivity contribution in [2.45, 2.75) is 0 Å². The van der Waals surface area contributed by atoms with Gasteiger partial charge in [-0.05, 0) is 63.4 Å². The fraction of sp³-hybridized carbons (Fsp3) is 0. The largest absolute Gasteiger partial charge is 0.208 e. The highest BCUT2D eigenvalue weighted by Crippen LogP contribution is 2.39. The quantitative estimate of drug-likeness (QED) is 0.193. The lowest BCUT2D eigenvalue weighted by Crippen LogP contribution is -2.00. The van der Waals surface area contributed by atoms with Crippen LogP contribution in [0.3, 0.4) is 0 Å². The average molecular weight is 618 g/mol. The first-order valence-corrected chi connectivity index (χ1v) is 16.5. The fourth-order valence-electron chi connectivity index (χ4n) is 6.30. The lowest BCUT2D eigenvalue weighted by Gasteiger charge is -2.10. The molecule has 3 nitrogen and oxygen atoms in total. The molecule has 0 unspecified atom stereocenters. The molecule has 0 aliphatic carbocycles. The van der Waals surface area contributed by atoms with Crippen LogP contribution in [0.1, 0.15) is 0 Å². The van der Waals surface area contributed by atoms with Crippen LogP contribution in [0, 0.1) is 0 Å². The first-order chi connectivity index (χ1) is 23.2. The van der Waals surface area contributed by atoms with Gasteiger partial charge in [-0.15, -0.1) is 11.3 Å². The number of rotatable bonds is 5. The minimum atomic E-state index is 0.651. The molecule has 0 amide bonds. The molecule has 9 aromatic rings. The second kappa shape index (κ2) is 11.4. The summed E-state index contributed by atoms with van der Waals surface area (Å²) < 4.78 is 2.63. The highest BCUT2D eigenvalue weighted by atomic mass is 32.1. The molecule has 2 heterocycles. The van der Waals surface area contributed by atoms with Crippen LogP contribution < -0.4 is 0 Å². The van der Waals surface area contributed by atoms with E-state index in [1.807, 2.05) is 72.0 Å². The summed E-state index contributed by atoms with van der Waals surface area (Å²) in [5.74, 6) is 1.97.